The van der Waals surface area contributed by atoms with E-state index in [-0.39, 0.29) is 6.04 Å². The predicted octanol–water partition coefficient (Wildman–Crippen LogP) is 3.10. The maximum atomic E-state index is 6.11. The largest absolute Gasteiger partial charge is 0.496 e. The van der Waals surface area contributed by atoms with E-state index in [0.29, 0.717) is 0 Å². The minimum Gasteiger partial charge on any atom is -0.496 e. The third-order valence-electron chi connectivity index (χ3n) is 2.38. The van der Waals surface area contributed by atoms with Crippen LogP contribution in [0.1, 0.15) is 17.4 Å². The zero-order valence-electron chi connectivity index (χ0n) is 8.81. The lowest BCUT2D eigenvalue weighted by Gasteiger charge is -2.14. The highest BCUT2D eigenvalue weighted by Gasteiger charge is 2.16. The van der Waals surface area contributed by atoms with E-state index in [1.54, 1.807) is 13.4 Å². The van der Waals surface area contributed by atoms with Crippen LogP contribution in [0, 0.1) is 0 Å². The van der Waals surface area contributed by atoms with Crippen LogP contribution in [0.4, 0.5) is 0 Å². The van der Waals surface area contributed by atoms with Crippen LogP contribution in [0.2, 0.25) is 0 Å². The van der Waals surface area contributed by atoms with Crippen molar-refractivity contribution < 1.29 is 9.15 Å². The fourth-order valence-electron chi connectivity index (χ4n) is 1.57. The topological polar surface area (TPSA) is 48.4 Å². The summed E-state index contributed by atoms with van der Waals surface area (Å²) < 4.78 is 11.5. The third-order valence-corrected chi connectivity index (χ3v) is 2.87. The molecule has 2 rings (SSSR count). The van der Waals surface area contributed by atoms with Crippen molar-refractivity contribution >= 4 is 15.9 Å². The molecular weight excluding hydrogens is 270 g/mol. The summed E-state index contributed by atoms with van der Waals surface area (Å²) in [5.41, 5.74) is 7.01. The van der Waals surface area contributed by atoms with Crippen LogP contribution >= 0.6 is 15.9 Å². The predicted molar refractivity (Wildman–Crippen MR) is 65.4 cm³/mol. The summed E-state index contributed by atoms with van der Waals surface area (Å²) in [4.78, 5) is 0. The molecule has 1 atom stereocenters. The SMILES string of the molecule is COc1ccc(Br)cc1C(N)c1ccco1. The van der Waals surface area contributed by atoms with Gasteiger partial charge in [0.1, 0.15) is 11.5 Å². The summed E-state index contributed by atoms with van der Waals surface area (Å²) in [6.07, 6.45) is 1.61. The summed E-state index contributed by atoms with van der Waals surface area (Å²) in [5, 5.41) is 0. The zero-order valence-corrected chi connectivity index (χ0v) is 10.4. The van der Waals surface area contributed by atoms with Gasteiger partial charge in [0.15, 0.2) is 0 Å². The summed E-state index contributed by atoms with van der Waals surface area (Å²) in [6.45, 7) is 0. The first kappa shape index (κ1) is 11.2. The number of hydrogen-bond acceptors (Lipinski definition) is 3. The molecule has 1 unspecified atom stereocenters. The van der Waals surface area contributed by atoms with E-state index in [9.17, 15) is 0 Å². The first-order chi connectivity index (χ1) is 7.72. The lowest BCUT2D eigenvalue weighted by molar-refractivity contribution is 0.403. The third kappa shape index (κ3) is 2.13. The van der Waals surface area contributed by atoms with Crippen molar-refractivity contribution in [3.8, 4) is 5.75 Å². The zero-order chi connectivity index (χ0) is 11.5. The molecule has 0 saturated heterocycles. The molecule has 0 spiro atoms. The van der Waals surface area contributed by atoms with Crippen molar-refractivity contribution in [2.75, 3.05) is 7.11 Å². The standard InChI is InChI=1S/C12H12BrNO2/c1-15-10-5-4-8(13)7-9(10)12(14)11-3-2-6-16-11/h2-7,12H,14H2,1H3. The Morgan fingerprint density at radius 1 is 1.38 bits per heavy atom. The number of benzene rings is 1. The molecule has 0 saturated carbocycles. The summed E-state index contributed by atoms with van der Waals surface area (Å²) in [7, 11) is 1.63. The molecule has 1 aromatic carbocycles. The molecule has 1 aromatic heterocycles. The van der Waals surface area contributed by atoms with Gasteiger partial charge in [0.05, 0.1) is 19.4 Å². The molecule has 1 heterocycles. The Balaban J connectivity index is 2.42. The van der Waals surface area contributed by atoms with Gasteiger partial charge in [-0.1, -0.05) is 15.9 Å². The molecule has 2 N–H and O–H groups in total. The van der Waals surface area contributed by atoms with E-state index < -0.39 is 0 Å². The van der Waals surface area contributed by atoms with Gasteiger partial charge in [-0.15, -0.1) is 0 Å². The monoisotopic (exact) mass is 281 g/mol. The van der Waals surface area contributed by atoms with Crippen molar-refractivity contribution in [2.45, 2.75) is 6.04 Å². The second-order valence-corrected chi connectivity index (χ2v) is 4.30. The fraction of sp³-hybridized carbons (Fsp3) is 0.167. The van der Waals surface area contributed by atoms with Gasteiger partial charge in [-0.2, -0.15) is 0 Å². The average molecular weight is 282 g/mol. The number of nitrogens with two attached hydrogens (primary N) is 1. The van der Waals surface area contributed by atoms with E-state index >= 15 is 0 Å². The van der Waals surface area contributed by atoms with E-state index in [4.69, 9.17) is 14.9 Å². The molecule has 0 radical (unpaired) electrons. The molecule has 0 fully saturated rings. The summed E-state index contributed by atoms with van der Waals surface area (Å²) >= 11 is 3.42. The molecule has 84 valence electrons. The van der Waals surface area contributed by atoms with Gasteiger partial charge < -0.3 is 14.9 Å². The normalized spacial score (nSPS) is 12.4. The van der Waals surface area contributed by atoms with Gasteiger partial charge in [-0.25, -0.2) is 0 Å². The average Bonchev–Trinajstić information content (AvgIpc) is 2.81. The van der Waals surface area contributed by atoms with Gasteiger partial charge >= 0.3 is 0 Å². The number of furan rings is 1. The first-order valence-electron chi connectivity index (χ1n) is 4.85. The van der Waals surface area contributed by atoms with Crippen molar-refractivity contribution in [1.82, 2.24) is 0 Å². The van der Waals surface area contributed by atoms with Crippen LogP contribution < -0.4 is 10.5 Å². The van der Waals surface area contributed by atoms with Gasteiger partial charge in [-0.05, 0) is 30.3 Å². The molecular formula is C12H12BrNO2. The molecule has 16 heavy (non-hydrogen) atoms. The Bertz CT molecular complexity index is 468. The highest BCUT2D eigenvalue weighted by molar-refractivity contribution is 9.10. The second-order valence-electron chi connectivity index (χ2n) is 3.38. The number of ether oxygens (including phenoxy) is 1. The van der Waals surface area contributed by atoms with Crippen LogP contribution in [-0.4, -0.2) is 7.11 Å². The maximum Gasteiger partial charge on any atom is 0.125 e. The van der Waals surface area contributed by atoms with Crippen LogP contribution in [0.5, 0.6) is 5.75 Å². The lowest BCUT2D eigenvalue weighted by atomic mass is 10.0. The molecule has 0 aliphatic carbocycles. The highest BCUT2D eigenvalue weighted by atomic mass is 79.9. The Morgan fingerprint density at radius 3 is 2.81 bits per heavy atom. The Hall–Kier alpha value is -1.26. The molecule has 3 nitrogen and oxygen atoms in total. The van der Waals surface area contributed by atoms with Crippen LogP contribution in [0.15, 0.2) is 45.5 Å². The molecule has 4 heteroatoms. The quantitative estimate of drug-likeness (QED) is 0.941. The second kappa shape index (κ2) is 4.72. The molecule has 0 bridgehead atoms. The maximum absolute atomic E-state index is 6.11. The number of halogens is 1. The van der Waals surface area contributed by atoms with Crippen LogP contribution in [0.25, 0.3) is 0 Å². The van der Waals surface area contributed by atoms with Crippen molar-refractivity contribution in [3.05, 3.63) is 52.4 Å². The number of hydrogen-bond donors (Lipinski definition) is 1. The molecule has 0 aliphatic heterocycles. The Kier molecular flexibility index (Phi) is 3.31. The first-order valence-corrected chi connectivity index (χ1v) is 5.64. The van der Waals surface area contributed by atoms with Gasteiger partial charge in [0.2, 0.25) is 0 Å². The van der Waals surface area contributed by atoms with Gasteiger partial charge in [0, 0.05) is 10.0 Å². The van der Waals surface area contributed by atoms with Gasteiger partial charge in [0.25, 0.3) is 0 Å². The molecule has 2 aromatic rings. The van der Waals surface area contributed by atoms with Gasteiger partial charge in [-0.3, -0.25) is 0 Å². The summed E-state index contributed by atoms with van der Waals surface area (Å²) in [6, 6.07) is 9.08. The van der Waals surface area contributed by atoms with E-state index in [0.717, 1.165) is 21.5 Å². The number of rotatable bonds is 3. The Morgan fingerprint density at radius 2 is 2.19 bits per heavy atom. The minimum absolute atomic E-state index is 0.317. The molecule has 0 aliphatic rings. The van der Waals surface area contributed by atoms with Crippen molar-refractivity contribution in [2.24, 2.45) is 5.73 Å². The number of methoxy groups -OCH3 is 1. The smallest absolute Gasteiger partial charge is 0.125 e. The van der Waals surface area contributed by atoms with Crippen LogP contribution in [-0.2, 0) is 0 Å². The summed E-state index contributed by atoms with van der Waals surface area (Å²) in [5.74, 6) is 1.48. The van der Waals surface area contributed by atoms with Crippen LogP contribution in [0.3, 0.4) is 0 Å². The van der Waals surface area contributed by atoms with Crippen molar-refractivity contribution in [1.29, 1.82) is 0 Å². The van der Waals surface area contributed by atoms with E-state index in [1.807, 2.05) is 30.3 Å². The lowest BCUT2D eigenvalue weighted by Crippen LogP contribution is -2.12. The fourth-order valence-corrected chi connectivity index (χ4v) is 1.95. The highest BCUT2D eigenvalue weighted by Crippen LogP contribution is 2.30. The minimum atomic E-state index is -0.317. The van der Waals surface area contributed by atoms with E-state index in [1.165, 1.54) is 0 Å². The van der Waals surface area contributed by atoms with E-state index in [2.05, 4.69) is 15.9 Å². The van der Waals surface area contributed by atoms with Crippen molar-refractivity contribution in [3.63, 3.8) is 0 Å². The Labute approximate surface area is 102 Å². The molecule has 0 amide bonds.